The molecule has 1 aromatic heterocycles. The molecule has 1 heterocycles. The summed E-state index contributed by atoms with van der Waals surface area (Å²) in [7, 11) is 0. The van der Waals surface area contributed by atoms with Crippen molar-refractivity contribution in [2.75, 3.05) is 11.9 Å². The average molecular weight is 364 g/mol. The zero-order valence-electron chi connectivity index (χ0n) is 15.0. The first-order chi connectivity index (χ1) is 13.0. The largest absolute Gasteiger partial charge is 0.379 e. The fraction of sp³-hybridized carbons (Fsp3) is 0.200. The van der Waals surface area contributed by atoms with Gasteiger partial charge in [-0.25, -0.2) is 4.98 Å². The second kappa shape index (κ2) is 8.27. The molecule has 0 aliphatic carbocycles. The fourth-order valence-electron chi connectivity index (χ4n) is 2.85. The van der Waals surface area contributed by atoms with Crippen LogP contribution in [0.25, 0.3) is 0 Å². The molecule has 3 aromatic rings. The molecule has 27 heavy (non-hydrogen) atoms. The molecule has 0 aliphatic rings. The van der Waals surface area contributed by atoms with Crippen LogP contribution in [0.1, 0.15) is 28.7 Å². The number of anilines is 1. The van der Waals surface area contributed by atoms with Crippen LogP contribution in [0.4, 0.5) is 11.4 Å². The summed E-state index contributed by atoms with van der Waals surface area (Å²) in [4.78, 5) is 26.6. The van der Waals surface area contributed by atoms with Gasteiger partial charge in [-0.05, 0) is 24.6 Å². The summed E-state index contributed by atoms with van der Waals surface area (Å²) in [6, 6.07) is 14.6. The number of carbonyl (C=O) groups is 1. The van der Waals surface area contributed by atoms with Gasteiger partial charge in [-0.1, -0.05) is 30.3 Å². The molecule has 7 nitrogen and oxygen atoms in total. The summed E-state index contributed by atoms with van der Waals surface area (Å²) in [5.74, 6) is 0.696. The maximum atomic E-state index is 11.4. The van der Waals surface area contributed by atoms with Gasteiger partial charge < -0.3 is 9.88 Å². The molecule has 7 heteroatoms. The summed E-state index contributed by atoms with van der Waals surface area (Å²) in [5.41, 5.74) is 1.80. The summed E-state index contributed by atoms with van der Waals surface area (Å²) in [6.45, 7) is 2.61. The maximum Gasteiger partial charge on any atom is 0.293 e. The van der Waals surface area contributed by atoms with E-state index in [0.717, 1.165) is 12.4 Å². The summed E-state index contributed by atoms with van der Waals surface area (Å²) >= 11 is 0. The minimum Gasteiger partial charge on any atom is -0.379 e. The lowest BCUT2D eigenvalue weighted by molar-refractivity contribution is -0.384. The number of benzene rings is 2. The Morgan fingerprint density at radius 2 is 2.00 bits per heavy atom. The van der Waals surface area contributed by atoms with Gasteiger partial charge in [0.25, 0.3) is 5.69 Å². The van der Waals surface area contributed by atoms with E-state index in [1.54, 1.807) is 18.3 Å². The van der Waals surface area contributed by atoms with E-state index < -0.39 is 4.92 Å². The third-order valence-corrected chi connectivity index (χ3v) is 4.26. The van der Waals surface area contributed by atoms with E-state index in [4.69, 9.17) is 0 Å². The number of imidazole rings is 1. The van der Waals surface area contributed by atoms with Crippen molar-refractivity contribution in [3.8, 4) is 0 Å². The van der Waals surface area contributed by atoms with E-state index in [-0.39, 0.29) is 11.5 Å². The number of Topliss-reactive ketones (excluding diaryl/α,β-unsaturated/α-hetero) is 1. The lowest BCUT2D eigenvalue weighted by atomic mass is 10.1. The molecule has 0 fully saturated rings. The van der Waals surface area contributed by atoms with Crippen molar-refractivity contribution in [3.63, 3.8) is 0 Å². The SMILES string of the molecule is CC(=O)c1ccc(NCCc2nccn2Cc2ccccc2)c([N+](=O)[O-])c1. The van der Waals surface area contributed by atoms with Gasteiger partial charge >= 0.3 is 0 Å². The van der Waals surface area contributed by atoms with E-state index in [9.17, 15) is 14.9 Å². The maximum absolute atomic E-state index is 11.4. The Balaban J connectivity index is 1.66. The fourth-order valence-corrected chi connectivity index (χ4v) is 2.85. The molecule has 138 valence electrons. The molecule has 0 atom stereocenters. The Hall–Kier alpha value is -3.48. The van der Waals surface area contributed by atoms with Gasteiger partial charge in [-0.15, -0.1) is 0 Å². The minimum absolute atomic E-state index is 0.102. The van der Waals surface area contributed by atoms with Crippen LogP contribution in [0.15, 0.2) is 60.9 Å². The van der Waals surface area contributed by atoms with Gasteiger partial charge in [0.05, 0.1) is 4.92 Å². The first-order valence-electron chi connectivity index (χ1n) is 8.62. The molecule has 2 aromatic carbocycles. The monoisotopic (exact) mass is 364 g/mol. The molecule has 0 spiro atoms. The number of hydrogen-bond acceptors (Lipinski definition) is 5. The summed E-state index contributed by atoms with van der Waals surface area (Å²) in [6.07, 6.45) is 4.29. The van der Waals surface area contributed by atoms with Crippen LogP contribution in [0, 0.1) is 10.1 Å². The van der Waals surface area contributed by atoms with E-state index in [2.05, 4.69) is 27.0 Å². The van der Waals surface area contributed by atoms with Crippen LogP contribution < -0.4 is 5.32 Å². The lowest BCUT2D eigenvalue weighted by Gasteiger charge is -2.10. The average Bonchev–Trinajstić information content (AvgIpc) is 3.09. The first kappa shape index (κ1) is 18.3. The van der Waals surface area contributed by atoms with Gasteiger partial charge in [-0.3, -0.25) is 14.9 Å². The highest BCUT2D eigenvalue weighted by molar-refractivity contribution is 5.95. The number of nitrogens with zero attached hydrogens (tertiary/aromatic N) is 3. The van der Waals surface area contributed by atoms with Crippen molar-refractivity contribution in [3.05, 3.63) is 88.0 Å². The zero-order valence-corrected chi connectivity index (χ0v) is 15.0. The lowest BCUT2D eigenvalue weighted by Crippen LogP contribution is -2.12. The molecule has 0 aliphatic heterocycles. The van der Waals surface area contributed by atoms with Gasteiger partial charge in [0.2, 0.25) is 0 Å². The normalized spacial score (nSPS) is 10.6. The highest BCUT2D eigenvalue weighted by atomic mass is 16.6. The number of hydrogen-bond donors (Lipinski definition) is 1. The van der Waals surface area contributed by atoms with Gasteiger partial charge in [0.1, 0.15) is 11.5 Å². The Labute approximate surface area is 156 Å². The summed E-state index contributed by atoms with van der Waals surface area (Å²) < 4.78 is 2.06. The number of ketones is 1. The molecule has 0 saturated carbocycles. The first-order valence-corrected chi connectivity index (χ1v) is 8.62. The predicted octanol–water partition coefficient (Wildman–Crippen LogP) is 3.70. The Morgan fingerprint density at radius 1 is 1.22 bits per heavy atom. The highest BCUT2D eigenvalue weighted by Gasteiger charge is 2.16. The van der Waals surface area contributed by atoms with E-state index >= 15 is 0 Å². The van der Waals surface area contributed by atoms with Gasteiger partial charge in [-0.2, -0.15) is 0 Å². The second-order valence-corrected chi connectivity index (χ2v) is 6.18. The third kappa shape index (κ3) is 4.58. The van der Waals surface area contributed by atoms with Crippen molar-refractivity contribution >= 4 is 17.2 Å². The number of aromatic nitrogens is 2. The number of nitro groups is 1. The standard InChI is InChI=1S/C20H20N4O3/c1-15(25)17-7-8-18(19(13-17)24(26)27)21-10-9-20-22-11-12-23(20)14-16-5-3-2-4-6-16/h2-8,11-13,21H,9-10,14H2,1H3. The van der Waals surface area contributed by atoms with Crippen LogP contribution in [0.2, 0.25) is 0 Å². The minimum atomic E-state index is -0.481. The van der Waals surface area contributed by atoms with Crippen LogP contribution in [-0.2, 0) is 13.0 Å². The Bertz CT molecular complexity index is 951. The highest BCUT2D eigenvalue weighted by Crippen LogP contribution is 2.25. The molecule has 0 unspecified atom stereocenters. The summed E-state index contributed by atoms with van der Waals surface area (Å²) in [5, 5.41) is 14.4. The third-order valence-electron chi connectivity index (χ3n) is 4.26. The molecular formula is C20H20N4O3. The Morgan fingerprint density at radius 3 is 2.70 bits per heavy atom. The van der Waals surface area contributed by atoms with E-state index in [1.807, 2.05) is 24.4 Å². The molecule has 0 saturated heterocycles. The smallest absolute Gasteiger partial charge is 0.293 e. The van der Waals surface area contributed by atoms with Crippen molar-refractivity contribution in [2.45, 2.75) is 19.9 Å². The number of nitro benzene ring substituents is 1. The zero-order chi connectivity index (χ0) is 19.2. The van der Waals surface area contributed by atoms with Crippen molar-refractivity contribution in [1.29, 1.82) is 0 Å². The van der Waals surface area contributed by atoms with Crippen LogP contribution in [0.3, 0.4) is 0 Å². The van der Waals surface area contributed by atoms with Gasteiger partial charge in [0, 0.05) is 43.5 Å². The van der Waals surface area contributed by atoms with Crippen LogP contribution in [0.5, 0.6) is 0 Å². The van der Waals surface area contributed by atoms with E-state index in [1.165, 1.54) is 18.6 Å². The Kier molecular flexibility index (Phi) is 5.61. The topological polar surface area (TPSA) is 90.1 Å². The molecule has 1 N–H and O–H groups in total. The van der Waals surface area contributed by atoms with Gasteiger partial charge in [0.15, 0.2) is 5.78 Å². The number of rotatable bonds is 8. The number of nitrogens with one attached hydrogen (secondary N) is 1. The molecular weight excluding hydrogens is 344 g/mol. The molecule has 0 radical (unpaired) electrons. The number of carbonyl (C=O) groups excluding carboxylic acids is 1. The van der Waals surface area contributed by atoms with Crippen molar-refractivity contribution < 1.29 is 9.72 Å². The van der Waals surface area contributed by atoms with Crippen LogP contribution >= 0.6 is 0 Å². The second-order valence-electron chi connectivity index (χ2n) is 6.18. The van der Waals surface area contributed by atoms with Crippen LogP contribution in [-0.4, -0.2) is 26.8 Å². The van der Waals surface area contributed by atoms with Crippen molar-refractivity contribution in [1.82, 2.24) is 9.55 Å². The van der Waals surface area contributed by atoms with Crippen molar-refractivity contribution in [2.24, 2.45) is 0 Å². The quantitative estimate of drug-likeness (QED) is 0.374. The molecule has 0 amide bonds. The molecule has 3 rings (SSSR count). The molecule has 0 bridgehead atoms. The predicted molar refractivity (Wildman–Crippen MR) is 103 cm³/mol. The van der Waals surface area contributed by atoms with E-state index in [0.29, 0.717) is 24.2 Å².